The van der Waals surface area contributed by atoms with E-state index in [-0.39, 0.29) is 23.3 Å². The van der Waals surface area contributed by atoms with Crippen molar-refractivity contribution in [3.63, 3.8) is 0 Å². The molecule has 2 atom stereocenters. The van der Waals surface area contributed by atoms with Crippen LogP contribution in [0.3, 0.4) is 0 Å². The van der Waals surface area contributed by atoms with Gasteiger partial charge >= 0.3 is 0 Å². The normalized spacial score (nSPS) is 19.4. The molecule has 5 heteroatoms. The summed E-state index contributed by atoms with van der Waals surface area (Å²) in [6.07, 6.45) is 5.44. The lowest BCUT2D eigenvalue weighted by Gasteiger charge is -2.38. The van der Waals surface area contributed by atoms with Gasteiger partial charge in [0.25, 0.3) is 5.91 Å². The van der Waals surface area contributed by atoms with Crippen molar-refractivity contribution in [3.8, 4) is 11.5 Å². The largest absolute Gasteiger partial charge is 0.507 e. The zero-order valence-corrected chi connectivity index (χ0v) is 21.3. The van der Waals surface area contributed by atoms with E-state index in [4.69, 9.17) is 4.74 Å². The van der Waals surface area contributed by atoms with E-state index < -0.39 is 0 Å². The van der Waals surface area contributed by atoms with Crippen molar-refractivity contribution in [3.05, 3.63) is 96.1 Å². The topological polar surface area (TPSA) is 61.8 Å². The second kappa shape index (κ2) is 12.6. The maximum atomic E-state index is 12.7. The van der Waals surface area contributed by atoms with Gasteiger partial charge in [-0.3, -0.25) is 4.79 Å². The predicted molar refractivity (Wildman–Crippen MR) is 144 cm³/mol. The molecule has 3 aromatic carbocycles. The smallest absolute Gasteiger partial charge is 0.255 e. The minimum atomic E-state index is -0.282. The minimum absolute atomic E-state index is 0.0114. The molecule has 2 N–H and O–H groups in total. The molecule has 0 saturated heterocycles. The lowest BCUT2D eigenvalue weighted by atomic mass is 9.75. The summed E-state index contributed by atoms with van der Waals surface area (Å²) in [6.45, 7) is 0.395. The van der Waals surface area contributed by atoms with Gasteiger partial charge in [0.05, 0.1) is 12.1 Å². The number of hydrogen-bond acceptors (Lipinski definition) is 4. The van der Waals surface area contributed by atoms with E-state index in [1.54, 1.807) is 18.2 Å². The molecule has 0 heterocycles. The lowest BCUT2D eigenvalue weighted by molar-refractivity contribution is 0.0887. The van der Waals surface area contributed by atoms with Gasteiger partial charge in [0.15, 0.2) is 0 Å². The second-order valence-corrected chi connectivity index (χ2v) is 10.1. The summed E-state index contributed by atoms with van der Waals surface area (Å²) >= 11 is 0. The van der Waals surface area contributed by atoms with Crippen LogP contribution in [0.4, 0.5) is 0 Å². The number of aromatic hydroxyl groups is 1. The third kappa shape index (κ3) is 6.88. The van der Waals surface area contributed by atoms with Crippen LogP contribution >= 0.6 is 0 Å². The zero-order chi connectivity index (χ0) is 25.3. The Morgan fingerprint density at radius 1 is 0.917 bits per heavy atom. The third-order valence-electron chi connectivity index (χ3n) is 7.32. The van der Waals surface area contributed by atoms with Crippen molar-refractivity contribution >= 4 is 5.91 Å². The quantitative estimate of drug-likeness (QED) is 0.365. The predicted octanol–water partition coefficient (Wildman–Crippen LogP) is 6.07. The van der Waals surface area contributed by atoms with Crippen molar-refractivity contribution in [1.29, 1.82) is 0 Å². The maximum absolute atomic E-state index is 12.7. The summed E-state index contributed by atoms with van der Waals surface area (Å²) in [6, 6.07) is 27.7. The SMILES string of the molecule is CN(C)C(c1ccccc1)C1CCC(CC(CNC(=O)c2ccccc2O)Oc2ccccc2)CC1. The monoisotopic (exact) mass is 486 g/mol. The van der Waals surface area contributed by atoms with E-state index in [9.17, 15) is 9.90 Å². The number of benzene rings is 3. The standard InChI is InChI=1S/C31H38N2O3/c1-33(2)30(24-11-5-3-6-12-24)25-19-17-23(18-20-25)21-27(36-26-13-7-4-8-14-26)22-32-31(35)28-15-9-10-16-29(28)34/h3-16,23,25,27,30,34H,17-22H2,1-2H3,(H,32,35). The molecule has 1 saturated carbocycles. The molecule has 0 radical (unpaired) electrons. The molecule has 0 aromatic heterocycles. The molecular weight excluding hydrogens is 448 g/mol. The van der Waals surface area contributed by atoms with Gasteiger partial charge in [-0.15, -0.1) is 0 Å². The first-order valence-corrected chi connectivity index (χ1v) is 13.0. The molecule has 0 aliphatic heterocycles. The molecule has 1 amide bonds. The van der Waals surface area contributed by atoms with Crippen LogP contribution in [0.5, 0.6) is 11.5 Å². The van der Waals surface area contributed by atoms with E-state index in [1.807, 2.05) is 30.3 Å². The first-order valence-electron chi connectivity index (χ1n) is 13.0. The number of nitrogens with one attached hydrogen (secondary N) is 1. The van der Waals surface area contributed by atoms with E-state index in [0.29, 0.717) is 24.4 Å². The number of carbonyl (C=O) groups excluding carboxylic acids is 1. The van der Waals surface area contributed by atoms with Gasteiger partial charge in [0.2, 0.25) is 0 Å². The number of phenols is 1. The molecule has 4 rings (SSSR count). The molecule has 5 nitrogen and oxygen atoms in total. The van der Waals surface area contributed by atoms with Gasteiger partial charge in [0.1, 0.15) is 17.6 Å². The Labute approximate surface area is 215 Å². The maximum Gasteiger partial charge on any atom is 0.255 e. The fourth-order valence-electron chi connectivity index (χ4n) is 5.59. The van der Waals surface area contributed by atoms with Crippen molar-refractivity contribution in [1.82, 2.24) is 10.2 Å². The average molecular weight is 487 g/mol. The average Bonchev–Trinajstić information content (AvgIpc) is 2.89. The molecule has 1 fully saturated rings. The number of nitrogens with zero attached hydrogens (tertiary/aromatic N) is 1. The minimum Gasteiger partial charge on any atom is -0.507 e. The van der Waals surface area contributed by atoms with Gasteiger partial charge in [-0.1, -0.05) is 60.7 Å². The van der Waals surface area contributed by atoms with Crippen molar-refractivity contribution in [2.75, 3.05) is 20.6 Å². The fraction of sp³-hybridized carbons (Fsp3) is 0.387. The first kappa shape index (κ1) is 25.8. The van der Waals surface area contributed by atoms with Gasteiger partial charge in [0, 0.05) is 6.04 Å². The molecule has 2 unspecified atom stereocenters. The van der Waals surface area contributed by atoms with E-state index >= 15 is 0 Å². The molecule has 0 spiro atoms. The molecule has 1 aliphatic rings. The van der Waals surface area contributed by atoms with Crippen LogP contribution in [0, 0.1) is 11.8 Å². The number of ether oxygens (including phenoxy) is 1. The molecule has 190 valence electrons. The van der Waals surface area contributed by atoms with Crippen LogP contribution in [0.15, 0.2) is 84.9 Å². The highest BCUT2D eigenvalue weighted by molar-refractivity contribution is 5.96. The second-order valence-electron chi connectivity index (χ2n) is 10.1. The van der Waals surface area contributed by atoms with Gasteiger partial charge < -0.3 is 20.1 Å². The Morgan fingerprint density at radius 3 is 2.17 bits per heavy atom. The van der Waals surface area contributed by atoms with Gasteiger partial charge in [-0.25, -0.2) is 0 Å². The van der Waals surface area contributed by atoms with Crippen LogP contribution in [0.25, 0.3) is 0 Å². The van der Waals surface area contributed by atoms with E-state index in [0.717, 1.165) is 25.0 Å². The van der Waals surface area contributed by atoms with Crippen LogP contribution in [0.2, 0.25) is 0 Å². The molecule has 0 bridgehead atoms. The Bertz CT molecular complexity index is 1080. The van der Waals surface area contributed by atoms with Crippen molar-refractivity contribution in [2.45, 2.75) is 44.2 Å². The Hall–Kier alpha value is -3.31. The van der Waals surface area contributed by atoms with Gasteiger partial charge in [-0.2, -0.15) is 0 Å². The third-order valence-corrected chi connectivity index (χ3v) is 7.32. The molecule has 1 aliphatic carbocycles. The summed E-state index contributed by atoms with van der Waals surface area (Å²) in [4.78, 5) is 15.1. The van der Waals surface area contributed by atoms with Crippen LogP contribution in [0.1, 0.15) is 54.1 Å². The van der Waals surface area contributed by atoms with Crippen LogP contribution in [-0.2, 0) is 0 Å². The van der Waals surface area contributed by atoms with Crippen molar-refractivity contribution < 1.29 is 14.6 Å². The van der Waals surface area contributed by atoms with Crippen molar-refractivity contribution in [2.24, 2.45) is 11.8 Å². The van der Waals surface area contributed by atoms with Crippen LogP contribution in [-0.4, -0.2) is 42.7 Å². The number of hydrogen-bond donors (Lipinski definition) is 2. The summed E-state index contributed by atoms with van der Waals surface area (Å²) in [5.41, 5.74) is 1.68. The summed E-state index contributed by atoms with van der Waals surface area (Å²) < 4.78 is 6.33. The highest BCUT2D eigenvalue weighted by Crippen LogP contribution is 2.40. The number of phenolic OH excluding ortho intramolecular Hbond substituents is 1. The molecule has 36 heavy (non-hydrogen) atoms. The number of amides is 1. The van der Waals surface area contributed by atoms with Crippen LogP contribution < -0.4 is 10.1 Å². The fourth-order valence-corrected chi connectivity index (χ4v) is 5.59. The summed E-state index contributed by atoms with van der Waals surface area (Å²) in [5, 5.41) is 13.0. The molecular formula is C31H38N2O3. The summed E-state index contributed by atoms with van der Waals surface area (Å²) in [5.74, 6) is 1.70. The Kier molecular flexibility index (Phi) is 9.01. The highest BCUT2D eigenvalue weighted by atomic mass is 16.5. The van der Waals surface area contributed by atoms with E-state index in [2.05, 4.69) is 54.6 Å². The van der Waals surface area contributed by atoms with E-state index in [1.165, 1.54) is 24.5 Å². The lowest BCUT2D eigenvalue weighted by Crippen LogP contribution is -2.37. The number of para-hydroxylation sites is 2. The zero-order valence-electron chi connectivity index (χ0n) is 21.3. The molecule has 3 aromatic rings. The number of carbonyl (C=O) groups is 1. The van der Waals surface area contributed by atoms with Gasteiger partial charge in [-0.05, 0) is 87.9 Å². The highest BCUT2D eigenvalue weighted by Gasteiger charge is 2.31. The number of rotatable bonds is 10. The summed E-state index contributed by atoms with van der Waals surface area (Å²) in [7, 11) is 4.36. The Balaban J connectivity index is 1.38. The first-order chi connectivity index (χ1) is 17.5. The Morgan fingerprint density at radius 2 is 1.53 bits per heavy atom.